The van der Waals surface area contributed by atoms with E-state index in [1.54, 1.807) is 29.7 Å². The number of carbonyl (C=O) groups excluding carboxylic acids is 2. The second-order valence-electron chi connectivity index (χ2n) is 5.44. The molecule has 1 aromatic heterocycles. The number of para-hydroxylation sites is 1. The molecule has 0 saturated carbocycles. The number of aromatic nitrogens is 1. The summed E-state index contributed by atoms with van der Waals surface area (Å²) in [5.74, 6) is -1.09. The van der Waals surface area contributed by atoms with Crippen molar-refractivity contribution in [3.05, 3.63) is 58.7 Å². The quantitative estimate of drug-likeness (QED) is 0.410. The largest absolute Gasteiger partial charge is 0.289 e. The lowest BCUT2D eigenvalue weighted by Crippen LogP contribution is -2.27. The number of halogens is 1. The Kier molecular flexibility index (Phi) is 5.83. The first-order chi connectivity index (χ1) is 12.9. The molecule has 0 bridgehead atoms. The van der Waals surface area contributed by atoms with E-state index in [1.165, 1.54) is 52.0 Å². The highest BCUT2D eigenvalue weighted by molar-refractivity contribution is 8.26. The van der Waals surface area contributed by atoms with E-state index in [2.05, 4.69) is 11.6 Å². The van der Waals surface area contributed by atoms with Gasteiger partial charge in [0.15, 0.2) is 5.13 Å². The van der Waals surface area contributed by atoms with Crippen molar-refractivity contribution in [3.8, 4) is 0 Å². The van der Waals surface area contributed by atoms with Crippen LogP contribution in [0.1, 0.15) is 12.6 Å². The van der Waals surface area contributed by atoms with Gasteiger partial charge in [-0.15, -0.1) is 17.9 Å². The van der Waals surface area contributed by atoms with Gasteiger partial charge in [-0.1, -0.05) is 42.2 Å². The first-order valence-corrected chi connectivity index (χ1v) is 9.90. The maximum absolute atomic E-state index is 14.1. The molecule has 0 unspecified atom stereocenters. The molecule has 0 radical (unpaired) electrons. The van der Waals surface area contributed by atoms with Crippen molar-refractivity contribution in [2.24, 2.45) is 0 Å². The molecule has 1 aliphatic rings. The summed E-state index contributed by atoms with van der Waals surface area (Å²) in [5.41, 5.74) is 0.625. The molecule has 0 atom stereocenters. The second kappa shape index (κ2) is 8.12. The van der Waals surface area contributed by atoms with Crippen molar-refractivity contribution in [1.82, 2.24) is 9.88 Å². The smallest absolute Gasteiger partial charge is 0.266 e. The molecule has 2 amide bonds. The second-order valence-corrected chi connectivity index (χ2v) is 7.95. The summed E-state index contributed by atoms with van der Waals surface area (Å²) in [4.78, 5) is 31.9. The van der Waals surface area contributed by atoms with Gasteiger partial charge in [0.05, 0.1) is 16.3 Å². The third-order valence-electron chi connectivity index (χ3n) is 3.57. The predicted molar refractivity (Wildman–Crippen MR) is 111 cm³/mol. The minimum Gasteiger partial charge on any atom is -0.289 e. The number of thioether (sulfide) groups is 1. The summed E-state index contributed by atoms with van der Waals surface area (Å²) >= 11 is 7.57. The number of hydrogen-bond acceptors (Lipinski definition) is 6. The van der Waals surface area contributed by atoms with Gasteiger partial charge in [0, 0.05) is 18.8 Å². The Hall–Kier alpha value is -2.36. The Morgan fingerprint density at radius 2 is 2.19 bits per heavy atom. The van der Waals surface area contributed by atoms with Crippen LogP contribution in [-0.2, 0) is 9.59 Å². The number of hydrogen-bond donors (Lipinski definition) is 0. The van der Waals surface area contributed by atoms with E-state index in [0.29, 0.717) is 26.6 Å². The van der Waals surface area contributed by atoms with Gasteiger partial charge < -0.3 is 0 Å². The Bertz CT molecular complexity index is 970. The summed E-state index contributed by atoms with van der Waals surface area (Å²) < 4.78 is 14.6. The molecule has 3 rings (SSSR count). The molecule has 0 N–H and O–H groups in total. The Labute approximate surface area is 169 Å². The van der Waals surface area contributed by atoms with Gasteiger partial charge in [0.2, 0.25) is 5.91 Å². The van der Waals surface area contributed by atoms with Gasteiger partial charge in [-0.2, -0.15) is 0 Å². The topological polar surface area (TPSA) is 53.5 Å². The molecular formula is C18H14FN3O2S3. The molecule has 0 aliphatic carbocycles. The van der Waals surface area contributed by atoms with Crippen LogP contribution in [-0.4, -0.2) is 32.6 Å². The summed E-state index contributed by atoms with van der Waals surface area (Å²) in [6.45, 7) is 5.30. The molecule has 5 nitrogen and oxygen atoms in total. The highest BCUT2D eigenvalue weighted by atomic mass is 32.2. The molecule has 2 aromatic rings. The number of anilines is 2. The molecule has 1 aromatic carbocycles. The summed E-state index contributed by atoms with van der Waals surface area (Å²) in [7, 11) is 0. The van der Waals surface area contributed by atoms with Crippen molar-refractivity contribution in [2.75, 3.05) is 11.4 Å². The molecular weight excluding hydrogens is 405 g/mol. The monoisotopic (exact) mass is 419 g/mol. The zero-order chi connectivity index (χ0) is 19.6. The van der Waals surface area contributed by atoms with Crippen LogP contribution in [0.3, 0.4) is 0 Å². The predicted octanol–water partition coefficient (Wildman–Crippen LogP) is 4.35. The number of benzene rings is 1. The number of thiazole rings is 1. The molecule has 138 valence electrons. The molecule has 1 saturated heterocycles. The Balaban J connectivity index is 1.91. The zero-order valence-electron chi connectivity index (χ0n) is 14.2. The first kappa shape index (κ1) is 19.4. The normalized spacial score (nSPS) is 15.5. The van der Waals surface area contributed by atoms with Crippen LogP contribution >= 0.6 is 35.3 Å². The van der Waals surface area contributed by atoms with Crippen LogP contribution in [0.15, 0.2) is 47.2 Å². The molecule has 1 fully saturated rings. The zero-order valence-corrected chi connectivity index (χ0v) is 16.7. The maximum Gasteiger partial charge on any atom is 0.266 e. The molecule has 27 heavy (non-hydrogen) atoms. The van der Waals surface area contributed by atoms with E-state index < -0.39 is 5.82 Å². The van der Waals surface area contributed by atoms with Gasteiger partial charge in [0.25, 0.3) is 5.91 Å². The number of thiocarbonyl (C=S) groups is 1. The van der Waals surface area contributed by atoms with Gasteiger partial charge in [0.1, 0.15) is 10.1 Å². The van der Waals surface area contributed by atoms with Gasteiger partial charge >= 0.3 is 0 Å². The van der Waals surface area contributed by atoms with Crippen LogP contribution in [0.2, 0.25) is 0 Å². The van der Waals surface area contributed by atoms with Crippen LogP contribution in [0.25, 0.3) is 6.08 Å². The van der Waals surface area contributed by atoms with E-state index >= 15 is 0 Å². The van der Waals surface area contributed by atoms with E-state index in [9.17, 15) is 14.0 Å². The van der Waals surface area contributed by atoms with E-state index in [0.717, 1.165) is 0 Å². The van der Waals surface area contributed by atoms with Crippen molar-refractivity contribution in [3.63, 3.8) is 0 Å². The summed E-state index contributed by atoms with van der Waals surface area (Å²) in [6, 6.07) is 5.99. The highest BCUT2D eigenvalue weighted by Gasteiger charge is 2.31. The van der Waals surface area contributed by atoms with Crippen molar-refractivity contribution < 1.29 is 14.0 Å². The van der Waals surface area contributed by atoms with Gasteiger partial charge in [-0.25, -0.2) is 9.37 Å². The Morgan fingerprint density at radius 3 is 2.85 bits per heavy atom. The number of rotatable bonds is 5. The van der Waals surface area contributed by atoms with Crippen LogP contribution < -0.4 is 4.90 Å². The average Bonchev–Trinajstić information content (AvgIpc) is 3.17. The van der Waals surface area contributed by atoms with E-state index in [4.69, 9.17) is 12.2 Å². The average molecular weight is 420 g/mol. The summed E-state index contributed by atoms with van der Waals surface area (Å²) in [6.07, 6.45) is 3.22. The first-order valence-electron chi connectivity index (χ1n) is 7.79. The number of amides is 2. The number of carbonyl (C=O) groups is 2. The SMILES string of the molecule is C=CCN1C(=O)/C(=C/c2csc(N(C(C)=O)c3ccccc3F)n2)SC1=S. The van der Waals surface area contributed by atoms with Gasteiger partial charge in [-0.05, 0) is 18.2 Å². The molecule has 1 aliphatic heterocycles. The fraction of sp³-hybridized carbons (Fsp3) is 0.111. The third-order valence-corrected chi connectivity index (χ3v) is 5.80. The fourth-order valence-corrected chi connectivity index (χ4v) is 4.50. The highest BCUT2D eigenvalue weighted by Crippen LogP contribution is 2.35. The maximum atomic E-state index is 14.1. The van der Waals surface area contributed by atoms with Crippen molar-refractivity contribution in [1.29, 1.82) is 0 Å². The molecule has 2 heterocycles. The number of nitrogens with zero attached hydrogens (tertiary/aromatic N) is 3. The lowest BCUT2D eigenvalue weighted by molar-refractivity contribution is -0.121. The third kappa shape index (κ3) is 4.00. The lowest BCUT2D eigenvalue weighted by atomic mass is 10.3. The van der Waals surface area contributed by atoms with Crippen LogP contribution in [0.5, 0.6) is 0 Å². The Morgan fingerprint density at radius 1 is 1.44 bits per heavy atom. The standard InChI is InChI=1S/C18H14FN3O2S3/c1-3-8-21-16(24)15(27-18(21)25)9-12-10-26-17(20-12)22(11(2)23)14-7-5-4-6-13(14)19/h3-7,9-10H,1,8H2,2H3/b15-9-. The van der Waals surface area contributed by atoms with E-state index in [-0.39, 0.29) is 17.5 Å². The lowest BCUT2D eigenvalue weighted by Gasteiger charge is -2.18. The van der Waals surface area contributed by atoms with Gasteiger partial charge in [-0.3, -0.25) is 19.4 Å². The molecule has 9 heteroatoms. The van der Waals surface area contributed by atoms with Crippen LogP contribution in [0.4, 0.5) is 15.2 Å². The fourth-order valence-electron chi connectivity index (χ4n) is 2.41. The summed E-state index contributed by atoms with van der Waals surface area (Å²) in [5, 5.41) is 2.02. The van der Waals surface area contributed by atoms with Crippen LogP contribution in [0, 0.1) is 5.82 Å². The van der Waals surface area contributed by atoms with E-state index in [1.807, 2.05) is 0 Å². The minimum atomic E-state index is -0.519. The molecule has 0 spiro atoms. The minimum absolute atomic E-state index is 0.128. The van der Waals surface area contributed by atoms with Crippen molar-refractivity contribution >= 4 is 68.3 Å². The van der Waals surface area contributed by atoms with Crippen molar-refractivity contribution in [2.45, 2.75) is 6.92 Å².